The van der Waals surface area contributed by atoms with E-state index < -0.39 is 15.6 Å². The molecule has 0 atom stereocenters. The van der Waals surface area contributed by atoms with Crippen LogP contribution in [-0.4, -0.2) is 62.8 Å². The van der Waals surface area contributed by atoms with Crippen LogP contribution in [0.15, 0.2) is 0 Å². The number of nitrogens with one attached hydrogen (secondary N) is 1. The van der Waals surface area contributed by atoms with Crippen molar-refractivity contribution in [2.75, 3.05) is 32.6 Å². The molecule has 20 heavy (non-hydrogen) atoms. The number of nitrogens with two attached hydrogens (primary N) is 1. The molecule has 0 bridgehead atoms. The van der Waals surface area contributed by atoms with Crippen molar-refractivity contribution in [2.45, 2.75) is 37.3 Å². The number of hydrogen-bond acceptors (Lipinski definition) is 5. The third kappa shape index (κ3) is 3.69. The highest BCUT2D eigenvalue weighted by atomic mass is 32.2. The standard InChI is InChI=1S/C12H23N3O4S/c1-20(17,18)15-6-2-10(3-7-15)14-11(16)12(13)4-8-19-9-5-12/h10H,2-9,13H2,1H3,(H,14,16). The van der Waals surface area contributed by atoms with Gasteiger partial charge in [-0.15, -0.1) is 0 Å². The number of nitrogens with zero attached hydrogens (tertiary/aromatic N) is 1. The molecular formula is C12H23N3O4S. The fourth-order valence-electron chi connectivity index (χ4n) is 2.62. The van der Waals surface area contributed by atoms with Gasteiger partial charge in [-0.25, -0.2) is 12.7 Å². The molecule has 2 aliphatic rings. The molecule has 2 saturated heterocycles. The van der Waals surface area contributed by atoms with Crippen molar-refractivity contribution < 1.29 is 17.9 Å². The molecular weight excluding hydrogens is 282 g/mol. The van der Waals surface area contributed by atoms with E-state index in [1.54, 1.807) is 0 Å². The molecule has 0 saturated carbocycles. The van der Waals surface area contributed by atoms with Crippen molar-refractivity contribution in [3.63, 3.8) is 0 Å². The summed E-state index contributed by atoms with van der Waals surface area (Å²) < 4.78 is 29.5. The minimum absolute atomic E-state index is 0.00349. The molecule has 0 spiro atoms. The number of carbonyl (C=O) groups is 1. The largest absolute Gasteiger partial charge is 0.381 e. The van der Waals surface area contributed by atoms with Crippen LogP contribution in [0.3, 0.4) is 0 Å². The van der Waals surface area contributed by atoms with Crippen molar-refractivity contribution in [2.24, 2.45) is 5.73 Å². The molecule has 2 fully saturated rings. The van der Waals surface area contributed by atoms with Gasteiger partial charge in [0.1, 0.15) is 0 Å². The van der Waals surface area contributed by atoms with Gasteiger partial charge in [-0.3, -0.25) is 4.79 Å². The van der Waals surface area contributed by atoms with E-state index in [9.17, 15) is 13.2 Å². The quantitative estimate of drug-likeness (QED) is 0.699. The molecule has 0 aliphatic carbocycles. The monoisotopic (exact) mass is 305 g/mol. The summed E-state index contributed by atoms with van der Waals surface area (Å²) in [5.41, 5.74) is 5.28. The van der Waals surface area contributed by atoms with E-state index in [2.05, 4.69) is 5.32 Å². The Bertz CT molecular complexity index is 451. The number of rotatable bonds is 3. The van der Waals surface area contributed by atoms with E-state index in [0.717, 1.165) is 0 Å². The Labute approximate surface area is 119 Å². The van der Waals surface area contributed by atoms with E-state index in [4.69, 9.17) is 10.5 Å². The normalized spacial score (nSPS) is 25.3. The first-order valence-electron chi connectivity index (χ1n) is 6.94. The van der Waals surface area contributed by atoms with Gasteiger partial charge in [-0.05, 0) is 25.7 Å². The number of carbonyl (C=O) groups excluding carboxylic acids is 1. The maximum atomic E-state index is 12.2. The summed E-state index contributed by atoms with van der Waals surface area (Å²) in [7, 11) is -3.13. The molecule has 0 radical (unpaired) electrons. The molecule has 116 valence electrons. The zero-order valence-electron chi connectivity index (χ0n) is 11.8. The molecule has 3 N–H and O–H groups in total. The highest BCUT2D eigenvalue weighted by Crippen LogP contribution is 2.19. The Hall–Kier alpha value is -0.700. The summed E-state index contributed by atoms with van der Waals surface area (Å²) in [5.74, 6) is -0.140. The third-order valence-electron chi connectivity index (χ3n) is 4.10. The molecule has 8 heteroatoms. The molecule has 7 nitrogen and oxygen atoms in total. The van der Waals surface area contributed by atoms with Crippen molar-refractivity contribution in [1.82, 2.24) is 9.62 Å². The summed E-state index contributed by atoms with van der Waals surface area (Å²) in [6.45, 7) is 1.92. The molecule has 1 amide bonds. The summed E-state index contributed by atoms with van der Waals surface area (Å²) in [6, 6.07) is 0.00349. The van der Waals surface area contributed by atoms with E-state index in [0.29, 0.717) is 52.0 Å². The van der Waals surface area contributed by atoms with Crippen LogP contribution in [0.4, 0.5) is 0 Å². The van der Waals surface area contributed by atoms with Gasteiger partial charge in [0.25, 0.3) is 0 Å². The van der Waals surface area contributed by atoms with E-state index in [-0.39, 0.29) is 11.9 Å². The Morgan fingerprint density at radius 2 is 1.85 bits per heavy atom. The summed E-state index contributed by atoms with van der Waals surface area (Å²) in [5, 5.41) is 2.96. The van der Waals surface area contributed by atoms with Crippen LogP contribution in [0.5, 0.6) is 0 Å². The van der Waals surface area contributed by atoms with E-state index >= 15 is 0 Å². The van der Waals surface area contributed by atoms with E-state index in [1.165, 1.54) is 10.6 Å². The minimum atomic E-state index is -3.13. The van der Waals surface area contributed by atoms with Gasteiger partial charge in [0, 0.05) is 32.3 Å². The van der Waals surface area contributed by atoms with Gasteiger partial charge >= 0.3 is 0 Å². The highest BCUT2D eigenvalue weighted by Gasteiger charge is 2.37. The lowest BCUT2D eigenvalue weighted by molar-refractivity contribution is -0.130. The number of amides is 1. The fourth-order valence-corrected chi connectivity index (χ4v) is 3.50. The minimum Gasteiger partial charge on any atom is -0.381 e. The van der Waals surface area contributed by atoms with Gasteiger partial charge in [-0.2, -0.15) is 0 Å². The predicted molar refractivity (Wildman–Crippen MR) is 74.6 cm³/mol. The van der Waals surface area contributed by atoms with Crippen molar-refractivity contribution in [3.8, 4) is 0 Å². The predicted octanol–water partition coefficient (Wildman–Crippen LogP) is -0.965. The van der Waals surface area contributed by atoms with Crippen LogP contribution in [0, 0.1) is 0 Å². The SMILES string of the molecule is CS(=O)(=O)N1CCC(NC(=O)C2(N)CCOCC2)CC1. The maximum Gasteiger partial charge on any atom is 0.240 e. The Kier molecular flexibility index (Phi) is 4.68. The molecule has 0 aromatic heterocycles. The molecule has 2 heterocycles. The third-order valence-corrected chi connectivity index (χ3v) is 5.40. The van der Waals surface area contributed by atoms with Crippen molar-refractivity contribution in [1.29, 1.82) is 0 Å². The first-order valence-corrected chi connectivity index (χ1v) is 8.79. The topological polar surface area (TPSA) is 102 Å². The van der Waals surface area contributed by atoms with E-state index in [1.807, 2.05) is 0 Å². The Morgan fingerprint density at radius 1 is 1.30 bits per heavy atom. The van der Waals surface area contributed by atoms with Gasteiger partial charge in [0.2, 0.25) is 15.9 Å². The van der Waals surface area contributed by atoms with Crippen LogP contribution < -0.4 is 11.1 Å². The van der Waals surface area contributed by atoms with Crippen LogP contribution in [-0.2, 0) is 19.6 Å². The Balaban J connectivity index is 1.85. The summed E-state index contributed by atoms with van der Waals surface area (Å²) >= 11 is 0. The highest BCUT2D eigenvalue weighted by molar-refractivity contribution is 7.88. The van der Waals surface area contributed by atoms with Crippen LogP contribution in [0.1, 0.15) is 25.7 Å². The molecule has 0 unspecified atom stereocenters. The van der Waals surface area contributed by atoms with Gasteiger partial charge in [0.15, 0.2) is 0 Å². The van der Waals surface area contributed by atoms with Crippen LogP contribution >= 0.6 is 0 Å². The van der Waals surface area contributed by atoms with Crippen molar-refractivity contribution >= 4 is 15.9 Å². The molecule has 2 rings (SSSR count). The maximum absolute atomic E-state index is 12.2. The van der Waals surface area contributed by atoms with Crippen molar-refractivity contribution in [3.05, 3.63) is 0 Å². The smallest absolute Gasteiger partial charge is 0.240 e. The zero-order valence-corrected chi connectivity index (χ0v) is 12.6. The average Bonchev–Trinajstić information content (AvgIpc) is 2.39. The second-order valence-electron chi connectivity index (χ2n) is 5.68. The molecule has 2 aliphatic heterocycles. The van der Waals surface area contributed by atoms with Crippen LogP contribution in [0.25, 0.3) is 0 Å². The average molecular weight is 305 g/mol. The van der Waals surface area contributed by atoms with Gasteiger partial charge < -0.3 is 15.8 Å². The van der Waals surface area contributed by atoms with Gasteiger partial charge in [-0.1, -0.05) is 0 Å². The molecule has 0 aromatic rings. The summed E-state index contributed by atoms with van der Waals surface area (Å²) in [6.07, 6.45) is 3.53. The van der Waals surface area contributed by atoms with Crippen LogP contribution in [0.2, 0.25) is 0 Å². The number of sulfonamides is 1. The first kappa shape index (κ1) is 15.7. The molecule has 0 aromatic carbocycles. The zero-order chi connectivity index (χ0) is 14.8. The number of hydrogen-bond donors (Lipinski definition) is 2. The first-order chi connectivity index (χ1) is 9.31. The fraction of sp³-hybridized carbons (Fsp3) is 0.917. The lowest BCUT2D eigenvalue weighted by Crippen LogP contribution is -2.59. The number of ether oxygens (including phenoxy) is 1. The van der Waals surface area contributed by atoms with Gasteiger partial charge in [0.05, 0.1) is 11.8 Å². The lowest BCUT2D eigenvalue weighted by atomic mass is 9.89. The lowest BCUT2D eigenvalue weighted by Gasteiger charge is -2.36. The second-order valence-corrected chi connectivity index (χ2v) is 7.66. The Morgan fingerprint density at radius 3 is 2.35 bits per heavy atom. The number of piperidine rings is 1. The summed E-state index contributed by atoms with van der Waals surface area (Å²) in [4.78, 5) is 12.2. The second kappa shape index (κ2) is 5.97.